The summed E-state index contributed by atoms with van der Waals surface area (Å²) in [5.41, 5.74) is 3.07. The minimum absolute atomic E-state index is 0.656. The number of hydrogen-bond donors (Lipinski definition) is 1. The monoisotopic (exact) mass is 187 g/mol. The molecule has 0 heterocycles. The standard InChI is InChI=1S/C13H17N/c1-9-6-11(7-9)14-13-8-10-4-2-3-5-12(10)13/h2-5,9,11,13-14H,6-8H2,1H3. The van der Waals surface area contributed by atoms with Crippen molar-refractivity contribution in [2.24, 2.45) is 5.92 Å². The Balaban J connectivity index is 1.63. The molecule has 0 saturated heterocycles. The molecule has 3 rings (SSSR count). The number of rotatable bonds is 2. The van der Waals surface area contributed by atoms with Gasteiger partial charge in [-0.1, -0.05) is 31.2 Å². The van der Waals surface area contributed by atoms with E-state index in [1.54, 1.807) is 0 Å². The van der Waals surface area contributed by atoms with Crippen LogP contribution >= 0.6 is 0 Å². The summed E-state index contributed by atoms with van der Waals surface area (Å²) in [5, 5.41) is 3.74. The second-order valence-electron chi connectivity index (χ2n) is 4.90. The summed E-state index contributed by atoms with van der Waals surface area (Å²) < 4.78 is 0. The first-order valence-corrected chi connectivity index (χ1v) is 5.67. The Hall–Kier alpha value is -0.820. The van der Waals surface area contributed by atoms with Crippen LogP contribution in [0.4, 0.5) is 0 Å². The van der Waals surface area contributed by atoms with Crippen LogP contribution in [0.1, 0.15) is 36.9 Å². The SMILES string of the molecule is CC1CC(NC2Cc3ccccc32)C1. The molecule has 1 nitrogen and oxygen atoms in total. The predicted octanol–water partition coefficient (Wildman–Crippen LogP) is 2.67. The lowest BCUT2D eigenvalue weighted by atomic mass is 9.78. The van der Waals surface area contributed by atoms with Gasteiger partial charge in [-0.2, -0.15) is 0 Å². The first-order valence-electron chi connectivity index (χ1n) is 5.67. The van der Waals surface area contributed by atoms with E-state index in [1.165, 1.54) is 30.4 Å². The van der Waals surface area contributed by atoms with Crippen LogP contribution < -0.4 is 5.32 Å². The van der Waals surface area contributed by atoms with Crippen molar-refractivity contribution < 1.29 is 0 Å². The summed E-state index contributed by atoms with van der Waals surface area (Å²) >= 11 is 0. The van der Waals surface area contributed by atoms with Gasteiger partial charge in [0.1, 0.15) is 0 Å². The molecule has 0 radical (unpaired) electrons. The van der Waals surface area contributed by atoms with Crippen LogP contribution in [0.3, 0.4) is 0 Å². The number of nitrogens with one attached hydrogen (secondary N) is 1. The van der Waals surface area contributed by atoms with E-state index in [1.807, 2.05) is 0 Å². The normalized spacial score (nSPS) is 34.2. The summed E-state index contributed by atoms with van der Waals surface area (Å²) in [6.45, 7) is 2.34. The smallest absolute Gasteiger partial charge is 0.0366 e. The van der Waals surface area contributed by atoms with Crippen LogP contribution in [0.5, 0.6) is 0 Å². The Morgan fingerprint density at radius 1 is 1.21 bits per heavy atom. The molecule has 1 N–H and O–H groups in total. The van der Waals surface area contributed by atoms with E-state index < -0.39 is 0 Å². The van der Waals surface area contributed by atoms with Crippen LogP contribution in [-0.4, -0.2) is 6.04 Å². The molecule has 0 spiro atoms. The molecule has 2 aliphatic carbocycles. The van der Waals surface area contributed by atoms with Gasteiger partial charge in [0.15, 0.2) is 0 Å². The van der Waals surface area contributed by atoms with Crippen LogP contribution in [0.2, 0.25) is 0 Å². The van der Waals surface area contributed by atoms with Crippen molar-refractivity contribution in [3.05, 3.63) is 35.4 Å². The highest BCUT2D eigenvalue weighted by Gasteiger charge is 2.32. The average Bonchev–Trinajstić information content (AvgIpc) is 2.11. The van der Waals surface area contributed by atoms with E-state index in [0.29, 0.717) is 6.04 Å². The number of fused-ring (bicyclic) bond motifs is 1. The molecule has 0 amide bonds. The zero-order valence-electron chi connectivity index (χ0n) is 8.66. The third-order valence-electron chi connectivity index (χ3n) is 3.67. The fourth-order valence-corrected chi connectivity index (χ4v) is 2.73. The van der Waals surface area contributed by atoms with Crippen molar-refractivity contribution in [3.8, 4) is 0 Å². The van der Waals surface area contributed by atoms with Crippen LogP contribution in [-0.2, 0) is 6.42 Å². The molecule has 1 fully saturated rings. The van der Waals surface area contributed by atoms with Gasteiger partial charge in [0.2, 0.25) is 0 Å². The zero-order valence-corrected chi connectivity index (χ0v) is 8.66. The molecule has 0 aromatic heterocycles. The fourth-order valence-electron chi connectivity index (χ4n) is 2.73. The molecule has 0 aliphatic heterocycles. The lowest BCUT2D eigenvalue weighted by Crippen LogP contribution is -2.45. The Bertz CT molecular complexity index is 339. The van der Waals surface area contributed by atoms with E-state index in [9.17, 15) is 0 Å². The molecular weight excluding hydrogens is 170 g/mol. The van der Waals surface area contributed by atoms with Crippen molar-refractivity contribution in [2.75, 3.05) is 0 Å². The van der Waals surface area contributed by atoms with Crippen LogP contribution in [0.15, 0.2) is 24.3 Å². The van der Waals surface area contributed by atoms with Crippen molar-refractivity contribution in [1.29, 1.82) is 0 Å². The van der Waals surface area contributed by atoms with Gasteiger partial charge in [-0.25, -0.2) is 0 Å². The first-order chi connectivity index (χ1) is 6.83. The van der Waals surface area contributed by atoms with Gasteiger partial charge in [-0.15, -0.1) is 0 Å². The highest BCUT2D eigenvalue weighted by Crippen LogP contribution is 2.36. The molecule has 1 atom stereocenters. The third-order valence-corrected chi connectivity index (χ3v) is 3.67. The van der Waals surface area contributed by atoms with Crippen molar-refractivity contribution in [3.63, 3.8) is 0 Å². The van der Waals surface area contributed by atoms with Gasteiger partial charge in [-0.05, 0) is 36.3 Å². The van der Waals surface area contributed by atoms with E-state index in [4.69, 9.17) is 0 Å². The van der Waals surface area contributed by atoms with E-state index in [-0.39, 0.29) is 0 Å². The molecule has 1 saturated carbocycles. The Labute approximate surface area is 85.5 Å². The largest absolute Gasteiger partial charge is 0.307 e. The zero-order chi connectivity index (χ0) is 9.54. The lowest BCUT2D eigenvalue weighted by Gasteiger charge is -2.40. The second-order valence-corrected chi connectivity index (χ2v) is 4.90. The summed E-state index contributed by atoms with van der Waals surface area (Å²) in [5.74, 6) is 0.947. The van der Waals surface area contributed by atoms with Gasteiger partial charge in [0.05, 0.1) is 0 Å². The van der Waals surface area contributed by atoms with Crippen LogP contribution in [0, 0.1) is 5.92 Å². The van der Waals surface area contributed by atoms with E-state index in [0.717, 1.165) is 12.0 Å². The summed E-state index contributed by atoms with van der Waals surface area (Å²) in [4.78, 5) is 0. The molecule has 0 bridgehead atoms. The van der Waals surface area contributed by atoms with Gasteiger partial charge < -0.3 is 5.32 Å². The highest BCUT2D eigenvalue weighted by atomic mass is 15.0. The minimum Gasteiger partial charge on any atom is -0.307 e. The highest BCUT2D eigenvalue weighted by molar-refractivity contribution is 5.39. The predicted molar refractivity (Wildman–Crippen MR) is 58.2 cm³/mol. The second kappa shape index (κ2) is 3.09. The lowest BCUT2D eigenvalue weighted by molar-refractivity contribution is 0.215. The van der Waals surface area contributed by atoms with E-state index in [2.05, 4.69) is 36.5 Å². The number of benzene rings is 1. The number of hydrogen-bond acceptors (Lipinski definition) is 1. The fraction of sp³-hybridized carbons (Fsp3) is 0.538. The van der Waals surface area contributed by atoms with Gasteiger partial charge >= 0.3 is 0 Å². The molecule has 1 aromatic rings. The molecule has 1 aromatic carbocycles. The summed E-state index contributed by atoms with van der Waals surface area (Å²) in [6, 6.07) is 10.2. The Kier molecular flexibility index (Phi) is 1.88. The summed E-state index contributed by atoms with van der Waals surface area (Å²) in [6.07, 6.45) is 3.98. The van der Waals surface area contributed by atoms with Gasteiger partial charge in [0, 0.05) is 12.1 Å². The van der Waals surface area contributed by atoms with Crippen LogP contribution in [0.25, 0.3) is 0 Å². The first kappa shape index (κ1) is 8.49. The maximum atomic E-state index is 3.74. The topological polar surface area (TPSA) is 12.0 Å². The van der Waals surface area contributed by atoms with E-state index >= 15 is 0 Å². The van der Waals surface area contributed by atoms with Gasteiger partial charge in [-0.3, -0.25) is 0 Å². The Morgan fingerprint density at radius 2 is 2.00 bits per heavy atom. The molecular formula is C13H17N. The third kappa shape index (κ3) is 1.27. The quantitative estimate of drug-likeness (QED) is 0.750. The molecule has 14 heavy (non-hydrogen) atoms. The Morgan fingerprint density at radius 3 is 2.71 bits per heavy atom. The van der Waals surface area contributed by atoms with Gasteiger partial charge in [0.25, 0.3) is 0 Å². The minimum atomic E-state index is 0.656. The average molecular weight is 187 g/mol. The molecule has 1 unspecified atom stereocenters. The van der Waals surface area contributed by atoms with Crippen molar-refractivity contribution in [1.82, 2.24) is 5.32 Å². The maximum absolute atomic E-state index is 3.74. The molecule has 1 heteroatoms. The molecule has 2 aliphatic rings. The van der Waals surface area contributed by atoms with Crippen molar-refractivity contribution in [2.45, 2.75) is 38.3 Å². The van der Waals surface area contributed by atoms with Crippen molar-refractivity contribution >= 4 is 0 Å². The summed E-state index contributed by atoms with van der Waals surface area (Å²) in [7, 11) is 0. The molecule has 74 valence electrons. The maximum Gasteiger partial charge on any atom is 0.0366 e.